The van der Waals surface area contributed by atoms with Crippen molar-refractivity contribution in [1.82, 2.24) is 15.1 Å². The Kier molecular flexibility index (Phi) is 4.07. The van der Waals surface area contributed by atoms with Crippen LogP contribution < -0.4 is 15.0 Å². The summed E-state index contributed by atoms with van der Waals surface area (Å²) >= 11 is 0. The molecule has 0 atom stereocenters. The molecular formula is C18H23N5O3. The molecule has 0 amide bonds. The first kappa shape index (κ1) is 16.8. The first-order valence-corrected chi connectivity index (χ1v) is 8.82. The molecule has 2 aliphatic rings. The van der Waals surface area contributed by atoms with Gasteiger partial charge in [0.1, 0.15) is 0 Å². The van der Waals surface area contributed by atoms with Crippen molar-refractivity contribution in [3.8, 4) is 16.9 Å². The predicted molar refractivity (Wildman–Crippen MR) is 98.6 cm³/mol. The van der Waals surface area contributed by atoms with Crippen molar-refractivity contribution in [3.63, 3.8) is 0 Å². The van der Waals surface area contributed by atoms with Crippen LogP contribution in [0.25, 0.3) is 11.1 Å². The van der Waals surface area contributed by atoms with Crippen LogP contribution in [0.4, 0.5) is 11.4 Å². The molecule has 1 aromatic carbocycles. The number of rotatable bonds is 4. The minimum absolute atomic E-state index is 0.0215. The van der Waals surface area contributed by atoms with Gasteiger partial charge in [0.15, 0.2) is 5.75 Å². The molecule has 1 spiro atoms. The Morgan fingerprint density at radius 1 is 1.31 bits per heavy atom. The summed E-state index contributed by atoms with van der Waals surface area (Å²) in [4.78, 5) is 13.4. The molecule has 2 aromatic rings. The topological polar surface area (TPSA) is 85.5 Å². The predicted octanol–water partition coefficient (Wildman–Crippen LogP) is 2.19. The van der Waals surface area contributed by atoms with Gasteiger partial charge < -0.3 is 15.0 Å². The van der Waals surface area contributed by atoms with Crippen LogP contribution in [-0.4, -0.2) is 48.0 Å². The quantitative estimate of drug-likeness (QED) is 0.667. The van der Waals surface area contributed by atoms with E-state index in [-0.39, 0.29) is 5.69 Å². The van der Waals surface area contributed by atoms with Crippen LogP contribution in [0, 0.1) is 15.5 Å². The molecule has 0 saturated carbocycles. The van der Waals surface area contributed by atoms with E-state index in [2.05, 4.69) is 15.3 Å². The molecule has 0 radical (unpaired) electrons. The number of ether oxygens (including phenoxy) is 1. The first-order valence-electron chi connectivity index (χ1n) is 8.82. The molecule has 2 saturated heterocycles. The summed E-state index contributed by atoms with van der Waals surface area (Å²) in [5.74, 6) is 0.295. The van der Waals surface area contributed by atoms with E-state index in [1.807, 2.05) is 13.2 Å². The number of nitro groups is 1. The van der Waals surface area contributed by atoms with E-state index in [4.69, 9.17) is 4.74 Å². The van der Waals surface area contributed by atoms with Crippen LogP contribution in [0.2, 0.25) is 0 Å². The van der Waals surface area contributed by atoms with Gasteiger partial charge in [-0.05, 0) is 18.3 Å². The molecule has 1 aromatic heterocycles. The fourth-order valence-corrected chi connectivity index (χ4v) is 3.97. The molecule has 0 aliphatic carbocycles. The smallest absolute Gasteiger partial charge is 0.311 e. The summed E-state index contributed by atoms with van der Waals surface area (Å²) in [5, 5.41) is 19.1. The van der Waals surface area contributed by atoms with Gasteiger partial charge in [0, 0.05) is 68.4 Å². The molecule has 1 N–H and O–H groups in total. The van der Waals surface area contributed by atoms with Crippen LogP contribution in [0.5, 0.6) is 5.75 Å². The van der Waals surface area contributed by atoms with E-state index in [0.29, 0.717) is 11.2 Å². The lowest BCUT2D eigenvalue weighted by atomic mass is 9.73. The van der Waals surface area contributed by atoms with Crippen molar-refractivity contribution < 1.29 is 9.66 Å². The van der Waals surface area contributed by atoms with Gasteiger partial charge in [0.2, 0.25) is 0 Å². The normalized spacial score (nSPS) is 18.6. The molecule has 8 nitrogen and oxygen atoms in total. The van der Waals surface area contributed by atoms with Crippen molar-refractivity contribution in [2.45, 2.75) is 12.8 Å². The highest BCUT2D eigenvalue weighted by atomic mass is 16.6. The number of aryl methyl sites for hydroxylation is 1. The molecule has 3 heterocycles. The van der Waals surface area contributed by atoms with Crippen LogP contribution in [0.1, 0.15) is 12.8 Å². The fourth-order valence-electron chi connectivity index (χ4n) is 3.97. The van der Waals surface area contributed by atoms with Gasteiger partial charge in [-0.3, -0.25) is 14.8 Å². The van der Waals surface area contributed by atoms with E-state index >= 15 is 0 Å². The number of anilines is 1. The Hall–Kier alpha value is -2.61. The minimum atomic E-state index is -0.395. The minimum Gasteiger partial charge on any atom is -0.490 e. The molecule has 0 bridgehead atoms. The van der Waals surface area contributed by atoms with Crippen molar-refractivity contribution in [2.75, 3.05) is 38.2 Å². The fraction of sp³-hybridized carbons (Fsp3) is 0.500. The zero-order valence-corrected chi connectivity index (χ0v) is 15.1. The number of hydrogen-bond acceptors (Lipinski definition) is 6. The van der Waals surface area contributed by atoms with Crippen LogP contribution >= 0.6 is 0 Å². The third kappa shape index (κ3) is 2.80. The highest BCUT2D eigenvalue weighted by Gasteiger charge is 2.40. The summed E-state index contributed by atoms with van der Waals surface area (Å²) in [6.45, 7) is 4.07. The number of aromatic nitrogens is 2. The van der Waals surface area contributed by atoms with E-state index < -0.39 is 4.92 Å². The van der Waals surface area contributed by atoms with Gasteiger partial charge >= 0.3 is 5.69 Å². The lowest BCUT2D eigenvalue weighted by molar-refractivity contribution is -0.385. The van der Waals surface area contributed by atoms with Gasteiger partial charge in [-0.25, -0.2) is 0 Å². The molecule has 0 unspecified atom stereocenters. The molecular weight excluding hydrogens is 334 g/mol. The Bertz CT molecular complexity index is 833. The van der Waals surface area contributed by atoms with Crippen molar-refractivity contribution in [2.24, 2.45) is 12.5 Å². The Morgan fingerprint density at radius 2 is 2.04 bits per heavy atom. The monoisotopic (exact) mass is 357 g/mol. The summed E-state index contributed by atoms with van der Waals surface area (Å²) in [5.41, 5.74) is 3.09. The summed E-state index contributed by atoms with van der Waals surface area (Å²) in [7, 11) is 3.32. The molecule has 26 heavy (non-hydrogen) atoms. The third-order valence-corrected chi connectivity index (χ3v) is 5.67. The largest absolute Gasteiger partial charge is 0.490 e. The second-order valence-electron chi connectivity index (χ2n) is 7.29. The second-order valence-corrected chi connectivity index (χ2v) is 7.29. The van der Waals surface area contributed by atoms with Crippen LogP contribution in [0.3, 0.4) is 0 Å². The van der Waals surface area contributed by atoms with Gasteiger partial charge in [0.05, 0.1) is 18.2 Å². The summed E-state index contributed by atoms with van der Waals surface area (Å²) < 4.78 is 7.02. The zero-order chi connectivity index (χ0) is 18.3. The SMILES string of the molecule is COc1cc(N2CCC3(CC2)CNC3)c(-c2cnn(C)c2)cc1[N+](=O)[O-]. The molecule has 2 aliphatic heterocycles. The lowest BCUT2D eigenvalue weighted by Gasteiger charge is -2.49. The Morgan fingerprint density at radius 3 is 2.54 bits per heavy atom. The van der Waals surface area contributed by atoms with Crippen molar-refractivity contribution in [3.05, 3.63) is 34.6 Å². The van der Waals surface area contributed by atoms with Crippen molar-refractivity contribution >= 4 is 11.4 Å². The Balaban J connectivity index is 1.75. The lowest BCUT2D eigenvalue weighted by Crippen LogP contribution is -2.58. The van der Waals surface area contributed by atoms with Crippen LogP contribution in [0.15, 0.2) is 24.5 Å². The first-order chi connectivity index (χ1) is 12.5. The van der Waals surface area contributed by atoms with E-state index in [9.17, 15) is 10.1 Å². The second kappa shape index (κ2) is 6.28. The maximum Gasteiger partial charge on any atom is 0.311 e. The highest BCUT2D eigenvalue weighted by molar-refractivity contribution is 5.82. The van der Waals surface area contributed by atoms with Gasteiger partial charge in [-0.15, -0.1) is 0 Å². The van der Waals surface area contributed by atoms with Gasteiger partial charge in [0.25, 0.3) is 0 Å². The number of hydrogen-bond donors (Lipinski definition) is 1. The number of nitrogens with zero attached hydrogens (tertiary/aromatic N) is 4. The number of nitro benzene ring substituents is 1. The number of nitrogens with one attached hydrogen (secondary N) is 1. The Labute approximate surface area is 151 Å². The maximum atomic E-state index is 11.5. The van der Waals surface area contributed by atoms with Crippen molar-refractivity contribution in [1.29, 1.82) is 0 Å². The number of methoxy groups -OCH3 is 1. The number of piperidine rings is 1. The maximum absolute atomic E-state index is 11.5. The number of benzene rings is 1. The standard InChI is InChI=1S/C18H23N5O3/c1-21-10-13(9-20-21)14-7-16(23(24)25)17(26-2)8-15(14)22-5-3-18(4-6-22)11-19-12-18/h7-10,19H,3-6,11-12H2,1-2H3. The molecule has 8 heteroatoms. The third-order valence-electron chi connectivity index (χ3n) is 5.67. The zero-order valence-electron chi connectivity index (χ0n) is 15.1. The molecule has 4 rings (SSSR count). The highest BCUT2D eigenvalue weighted by Crippen LogP contribution is 2.43. The molecule has 138 valence electrons. The van der Waals surface area contributed by atoms with Crippen LogP contribution in [-0.2, 0) is 7.05 Å². The van der Waals surface area contributed by atoms with Gasteiger partial charge in [-0.1, -0.05) is 0 Å². The van der Waals surface area contributed by atoms with Gasteiger partial charge in [-0.2, -0.15) is 5.10 Å². The summed E-state index contributed by atoms with van der Waals surface area (Å²) in [6, 6.07) is 3.41. The van der Waals surface area contributed by atoms with E-state index in [1.54, 1.807) is 23.0 Å². The average Bonchev–Trinajstić information content (AvgIpc) is 3.05. The van der Waals surface area contributed by atoms with E-state index in [1.165, 1.54) is 7.11 Å². The molecule has 2 fully saturated rings. The summed E-state index contributed by atoms with van der Waals surface area (Å²) in [6.07, 6.45) is 5.89. The van der Waals surface area contributed by atoms with E-state index in [0.717, 1.165) is 55.8 Å². The average molecular weight is 357 g/mol.